The molecule has 1 rings (SSSR count). The smallest absolute Gasteiger partial charge is 0.240 e. The number of halogens is 1. The molecular weight excluding hydrogens is 210 g/mol. The molecule has 1 unspecified atom stereocenters. The number of likely N-dealkylation sites (tertiary alicyclic amines) is 1. The molecule has 0 radical (unpaired) electrons. The van der Waals surface area contributed by atoms with Crippen LogP contribution in [0.5, 0.6) is 0 Å². The van der Waals surface area contributed by atoms with Crippen molar-refractivity contribution in [3.05, 3.63) is 0 Å². The fourth-order valence-corrected chi connectivity index (χ4v) is 2.50. The van der Waals surface area contributed by atoms with Gasteiger partial charge in [-0.3, -0.25) is 4.79 Å². The first-order valence-electron chi connectivity index (χ1n) is 6.04. The van der Waals surface area contributed by atoms with E-state index in [0.29, 0.717) is 5.92 Å². The van der Waals surface area contributed by atoms with Crippen LogP contribution < -0.4 is 0 Å². The Morgan fingerprint density at radius 1 is 1.20 bits per heavy atom. The SMILES string of the molecule is CC(C)CC(Cl)C(=O)N1CCCCCC1. The largest absolute Gasteiger partial charge is 0.341 e. The van der Waals surface area contributed by atoms with E-state index in [0.717, 1.165) is 32.4 Å². The summed E-state index contributed by atoms with van der Waals surface area (Å²) in [6.07, 6.45) is 5.56. The molecule has 0 spiro atoms. The van der Waals surface area contributed by atoms with Crippen LogP contribution in [0.3, 0.4) is 0 Å². The molecule has 0 N–H and O–H groups in total. The van der Waals surface area contributed by atoms with Crippen molar-refractivity contribution >= 4 is 17.5 Å². The standard InChI is InChI=1S/C12H22ClNO/c1-10(2)9-11(13)12(15)14-7-5-3-4-6-8-14/h10-11H,3-9H2,1-2H3. The summed E-state index contributed by atoms with van der Waals surface area (Å²) in [6.45, 7) is 6.01. The third kappa shape index (κ3) is 4.42. The van der Waals surface area contributed by atoms with Crippen LogP contribution in [0.15, 0.2) is 0 Å². The van der Waals surface area contributed by atoms with Gasteiger partial charge in [-0.1, -0.05) is 26.7 Å². The summed E-state index contributed by atoms with van der Waals surface area (Å²) < 4.78 is 0. The van der Waals surface area contributed by atoms with Gasteiger partial charge in [-0.15, -0.1) is 11.6 Å². The molecule has 0 aromatic carbocycles. The Morgan fingerprint density at radius 3 is 2.20 bits per heavy atom. The second kappa shape index (κ2) is 6.37. The summed E-state index contributed by atoms with van der Waals surface area (Å²) in [7, 11) is 0. The highest BCUT2D eigenvalue weighted by Crippen LogP contribution is 2.17. The maximum Gasteiger partial charge on any atom is 0.240 e. The third-order valence-electron chi connectivity index (χ3n) is 2.86. The number of hydrogen-bond donors (Lipinski definition) is 0. The molecule has 1 atom stereocenters. The van der Waals surface area contributed by atoms with Crippen molar-refractivity contribution in [2.75, 3.05) is 13.1 Å². The van der Waals surface area contributed by atoms with E-state index in [2.05, 4.69) is 13.8 Å². The van der Waals surface area contributed by atoms with Crippen molar-refractivity contribution in [2.24, 2.45) is 5.92 Å². The molecule has 2 nitrogen and oxygen atoms in total. The fraction of sp³-hybridized carbons (Fsp3) is 0.917. The first-order valence-corrected chi connectivity index (χ1v) is 6.47. The van der Waals surface area contributed by atoms with Gasteiger partial charge in [0.1, 0.15) is 5.38 Å². The number of hydrogen-bond acceptors (Lipinski definition) is 1. The van der Waals surface area contributed by atoms with Crippen molar-refractivity contribution in [1.29, 1.82) is 0 Å². The molecule has 0 aliphatic carbocycles. The van der Waals surface area contributed by atoms with Crippen LogP contribution >= 0.6 is 11.6 Å². The lowest BCUT2D eigenvalue weighted by atomic mass is 10.1. The lowest BCUT2D eigenvalue weighted by Crippen LogP contribution is -2.38. The number of rotatable bonds is 3. The minimum absolute atomic E-state index is 0.146. The molecule has 3 heteroatoms. The summed E-state index contributed by atoms with van der Waals surface area (Å²) in [5, 5.41) is -0.317. The molecule has 1 heterocycles. The van der Waals surface area contributed by atoms with Crippen LogP contribution in [0.2, 0.25) is 0 Å². The normalized spacial score (nSPS) is 20.1. The third-order valence-corrected chi connectivity index (χ3v) is 3.23. The minimum atomic E-state index is -0.317. The van der Waals surface area contributed by atoms with Crippen molar-refractivity contribution in [2.45, 2.75) is 51.3 Å². The first kappa shape index (κ1) is 12.8. The molecule has 0 aromatic heterocycles. The Labute approximate surface area is 98.0 Å². The van der Waals surface area contributed by atoms with Gasteiger partial charge in [-0.25, -0.2) is 0 Å². The molecule has 1 aliphatic rings. The van der Waals surface area contributed by atoms with Gasteiger partial charge in [-0.05, 0) is 25.2 Å². The average Bonchev–Trinajstić information content (AvgIpc) is 2.43. The molecule has 0 saturated carbocycles. The Hall–Kier alpha value is -0.240. The molecular formula is C12H22ClNO. The molecule has 1 fully saturated rings. The summed E-state index contributed by atoms with van der Waals surface area (Å²) in [4.78, 5) is 13.9. The highest BCUT2D eigenvalue weighted by atomic mass is 35.5. The number of carbonyl (C=O) groups excluding carboxylic acids is 1. The Kier molecular flexibility index (Phi) is 5.44. The van der Waals surface area contributed by atoms with Gasteiger partial charge in [0.2, 0.25) is 5.91 Å². The Morgan fingerprint density at radius 2 is 1.73 bits per heavy atom. The molecule has 88 valence electrons. The summed E-state index contributed by atoms with van der Waals surface area (Å²) in [6, 6.07) is 0. The van der Waals surface area contributed by atoms with Gasteiger partial charge >= 0.3 is 0 Å². The monoisotopic (exact) mass is 231 g/mol. The van der Waals surface area contributed by atoms with Gasteiger partial charge in [0, 0.05) is 13.1 Å². The van der Waals surface area contributed by atoms with Crippen molar-refractivity contribution in [3.8, 4) is 0 Å². The van der Waals surface area contributed by atoms with E-state index >= 15 is 0 Å². The van der Waals surface area contributed by atoms with E-state index in [4.69, 9.17) is 11.6 Å². The minimum Gasteiger partial charge on any atom is -0.341 e. The van der Waals surface area contributed by atoms with Crippen LogP contribution in [0, 0.1) is 5.92 Å². The molecule has 15 heavy (non-hydrogen) atoms. The van der Waals surface area contributed by atoms with Crippen LogP contribution in [0.1, 0.15) is 46.0 Å². The second-order valence-corrected chi connectivity index (χ2v) is 5.36. The van der Waals surface area contributed by atoms with Gasteiger partial charge < -0.3 is 4.90 Å². The van der Waals surface area contributed by atoms with Crippen molar-refractivity contribution in [3.63, 3.8) is 0 Å². The highest BCUT2D eigenvalue weighted by Gasteiger charge is 2.23. The number of nitrogens with zero attached hydrogens (tertiary/aromatic N) is 1. The van der Waals surface area contributed by atoms with Crippen molar-refractivity contribution in [1.82, 2.24) is 4.90 Å². The molecule has 0 aromatic rings. The van der Waals surface area contributed by atoms with Crippen LogP contribution in [-0.2, 0) is 4.79 Å². The second-order valence-electron chi connectivity index (χ2n) is 4.84. The van der Waals surface area contributed by atoms with E-state index in [1.165, 1.54) is 12.8 Å². The highest BCUT2D eigenvalue weighted by molar-refractivity contribution is 6.30. The number of carbonyl (C=O) groups is 1. The van der Waals surface area contributed by atoms with E-state index in [-0.39, 0.29) is 11.3 Å². The Balaban J connectivity index is 2.42. The van der Waals surface area contributed by atoms with Crippen LogP contribution in [0.4, 0.5) is 0 Å². The molecule has 1 amide bonds. The summed E-state index contributed by atoms with van der Waals surface area (Å²) >= 11 is 6.12. The van der Waals surface area contributed by atoms with Gasteiger partial charge in [0.05, 0.1) is 0 Å². The maximum absolute atomic E-state index is 12.0. The van der Waals surface area contributed by atoms with Crippen LogP contribution in [-0.4, -0.2) is 29.3 Å². The lowest BCUT2D eigenvalue weighted by Gasteiger charge is -2.23. The van der Waals surface area contributed by atoms with Gasteiger partial charge in [-0.2, -0.15) is 0 Å². The van der Waals surface area contributed by atoms with E-state index in [1.54, 1.807) is 0 Å². The summed E-state index contributed by atoms with van der Waals surface area (Å²) in [5.74, 6) is 0.635. The van der Waals surface area contributed by atoms with E-state index in [9.17, 15) is 4.79 Å². The molecule has 1 aliphatic heterocycles. The average molecular weight is 232 g/mol. The topological polar surface area (TPSA) is 20.3 Å². The predicted octanol–water partition coefficient (Wildman–Crippen LogP) is 3.04. The first-order chi connectivity index (χ1) is 7.11. The van der Waals surface area contributed by atoms with E-state index in [1.807, 2.05) is 4.90 Å². The maximum atomic E-state index is 12.0. The summed E-state index contributed by atoms with van der Waals surface area (Å²) in [5.41, 5.74) is 0. The lowest BCUT2D eigenvalue weighted by molar-refractivity contribution is -0.131. The van der Waals surface area contributed by atoms with Gasteiger partial charge in [0.15, 0.2) is 0 Å². The quantitative estimate of drug-likeness (QED) is 0.684. The zero-order valence-electron chi connectivity index (χ0n) is 9.84. The zero-order valence-corrected chi connectivity index (χ0v) is 10.6. The van der Waals surface area contributed by atoms with Crippen molar-refractivity contribution < 1.29 is 4.79 Å². The number of amides is 1. The molecule has 0 bridgehead atoms. The molecule has 1 saturated heterocycles. The predicted molar refractivity (Wildman–Crippen MR) is 64.1 cm³/mol. The van der Waals surface area contributed by atoms with E-state index < -0.39 is 0 Å². The Bertz CT molecular complexity index is 198. The zero-order chi connectivity index (χ0) is 11.3. The van der Waals surface area contributed by atoms with Crippen LogP contribution in [0.25, 0.3) is 0 Å². The fourth-order valence-electron chi connectivity index (χ4n) is 2.00. The van der Waals surface area contributed by atoms with Gasteiger partial charge in [0.25, 0.3) is 0 Å². The number of alkyl halides is 1.